The van der Waals surface area contributed by atoms with Crippen LogP contribution in [0.5, 0.6) is 0 Å². The Morgan fingerprint density at radius 1 is 0.871 bits per heavy atom. The lowest BCUT2D eigenvalue weighted by Crippen LogP contribution is -2.03. The Morgan fingerprint density at radius 3 is 2.03 bits per heavy atom. The average molecular weight is 483 g/mol. The fraction of sp³-hybridized carbons (Fsp3) is 0. The monoisotopic (exact) mass is 482 g/mol. The van der Waals surface area contributed by atoms with Gasteiger partial charge in [0.1, 0.15) is 11.5 Å². The summed E-state index contributed by atoms with van der Waals surface area (Å²) in [5.74, 6) is 4.44. The van der Waals surface area contributed by atoms with Gasteiger partial charge in [0.15, 0.2) is 5.13 Å². The van der Waals surface area contributed by atoms with Gasteiger partial charge in [-0.2, -0.15) is 0 Å². The normalized spacial score (nSPS) is 15.0. The number of aromatic nitrogens is 1. The van der Waals surface area contributed by atoms with E-state index in [2.05, 4.69) is 10.1 Å². The molecule has 0 saturated heterocycles. The first-order valence-electron chi connectivity index (χ1n) is 9.41. The van der Waals surface area contributed by atoms with Crippen LogP contribution in [0, 0.1) is 0 Å². The number of hydrogen-bond donors (Lipinski definition) is 1. The van der Waals surface area contributed by atoms with E-state index in [1.807, 2.05) is 78.2 Å². The molecule has 2 aromatic carbocycles. The number of hydrogen-bond acceptors (Lipinski definition) is 5. The van der Waals surface area contributed by atoms with Gasteiger partial charge in [-0.15, -0.1) is 22.7 Å². The number of thiazole rings is 1. The lowest BCUT2D eigenvalue weighted by atomic mass is 10.2. The largest absolute Gasteiger partial charge is 0.456 e. The fourth-order valence-electron chi connectivity index (χ4n) is 3.13. The van der Waals surface area contributed by atoms with Gasteiger partial charge in [-0.05, 0) is 12.1 Å². The topological polar surface area (TPSA) is 51.2 Å². The summed E-state index contributed by atoms with van der Waals surface area (Å²) in [6, 6.07) is 23.1. The molecule has 4 nitrogen and oxygen atoms in total. The molecular formula is C23H16ClN2O2PS2. The predicted molar refractivity (Wildman–Crippen MR) is 132 cm³/mol. The molecule has 1 N–H and O–H groups in total. The molecule has 2 aromatic heterocycles. The molecule has 0 radical (unpaired) electrons. The predicted octanol–water partition coefficient (Wildman–Crippen LogP) is 8.24. The minimum atomic E-state index is -3.13. The maximum absolute atomic E-state index is 13.9. The van der Waals surface area contributed by atoms with E-state index in [4.69, 9.17) is 16.3 Å². The third kappa shape index (κ3) is 4.53. The molecule has 0 bridgehead atoms. The van der Waals surface area contributed by atoms with Crippen molar-refractivity contribution >= 4 is 58.2 Å². The highest BCUT2D eigenvalue weighted by molar-refractivity contribution is 7.72. The maximum atomic E-state index is 13.9. The standard InChI is InChI=1S/C23H16ClN2O2PS2/c24-22-12-11-21(31-22)18-15-30-23(25-18)26-29(27)13-19(16-7-3-1-4-8-16)28-20(14-29)17-9-5-2-6-10-17/h1-15H,(H,25,26,27). The molecule has 1 aliphatic heterocycles. The van der Waals surface area contributed by atoms with E-state index in [-0.39, 0.29) is 0 Å². The Balaban J connectivity index is 1.51. The second kappa shape index (κ2) is 8.48. The number of halogens is 1. The van der Waals surface area contributed by atoms with Crippen LogP contribution >= 0.6 is 41.6 Å². The minimum absolute atomic E-state index is 0.555. The van der Waals surface area contributed by atoms with E-state index in [9.17, 15) is 4.57 Å². The number of ether oxygens (including phenoxy) is 1. The highest BCUT2D eigenvalue weighted by Gasteiger charge is 2.28. The minimum Gasteiger partial charge on any atom is -0.456 e. The van der Waals surface area contributed by atoms with E-state index in [0.717, 1.165) is 21.7 Å². The molecule has 0 spiro atoms. The Kier molecular flexibility index (Phi) is 5.55. The van der Waals surface area contributed by atoms with Gasteiger partial charge >= 0.3 is 0 Å². The van der Waals surface area contributed by atoms with Crippen molar-refractivity contribution in [3.8, 4) is 10.6 Å². The van der Waals surface area contributed by atoms with Crippen LogP contribution in [0.2, 0.25) is 4.34 Å². The molecule has 4 aromatic rings. The average Bonchev–Trinajstić information content (AvgIpc) is 3.43. The smallest absolute Gasteiger partial charge is 0.222 e. The van der Waals surface area contributed by atoms with Crippen molar-refractivity contribution in [1.29, 1.82) is 0 Å². The molecular weight excluding hydrogens is 467 g/mol. The van der Waals surface area contributed by atoms with Gasteiger partial charge in [0, 0.05) is 28.1 Å². The van der Waals surface area contributed by atoms with Gasteiger partial charge in [-0.25, -0.2) is 4.98 Å². The summed E-state index contributed by atoms with van der Waals surface area (Å²) in [6.45, 7) is 0. The summed E-state index contributed by atoms with van der Waals surface area (Å²) in [7, 11) is -3.13. The third-order valence-corrected chi connectivity index (χ3v) is 8.51. The molecule has 0 aliphatic carbocycles. The first-order chi connectivity index (χ1) is 15.1. The quantitative estimate of drug-likeness (QED) is 0.291. The first kappa shape index (κ1) is 20.3. The summed E-state index contributed by atoms with van der Waals surface area (Å²) >= 11 is 8.92. The van der Waals surface area contributed by atoms with E-state index in [0.29, 0.717) is 21.0 Å². The third-order valence-electron chi connectivity index (χ3n) is 4.55. The van der Waals surface area contributed by atoms with Crippen LogP contribution in [0.3, 0.4) is 0 Å². The molecule has 31 heavy (non-hydrogen) atoms. The highest BCUT2D eigenvalue weighted by atomic mass is 35.5. The second-order valence-corrected chi connectivity index (χ2v) is 11.5. The van der Waals surface area contributed by atoms with Crippen molar-refractivity contribution in [2.75, 3.05) is 5.09 Å². The molecule has 8 heteroatoms. The van der Waals surface area contributed by atoms with Crippen LogP contribution in [0.15, 0.2) is 89.8 Å². The molecule has 0 amide bonds. The van der Waals surface area contributed by atoms with Crippen molar-refractivity contribution < 1.29 is 9.30 Å². The Morgan fingerprint density at radius 2 is 1.48 bits per heavy atom. The summed E-state index contributed by atoms with van der Waals surface area (Å²) in [4.78, 5) is 5.59. The SMILES string of the molecule is O=P1(Nc2nc(-c3ccc(Cl)s3)cs2)C=C(c2ccccc2)OC(c2ccccc2)=C1. The number of benzene rings is 2. The first-order valence-corrected chi connectivity index (χ1v) is 13.3. The van der Waals surface area contributed by atoms with Gasteiger partial charge in [-0.1, -0.05) is 72.3 Å². The van der Waals surface area contributed by atoms with Gasteiger partial charge in [0.05, 0.1) is 14.9 Å². The summed E-state index contributed by atoms with van der Waals surface area (Å²) < 4.78 is 20.8. The molecule has 5 rings (SSSR count). The van der Waals surface area contributed by atoms with Crippen LogP contribution in [0.4, 0.5) is 5.13 Å². The summed E-state index contributed by atoms with van der Waals surface area (Å²) in [6.07, 6.45) is 0. The van der Waals surface area contributed by atoms with Crippen molar-refractivity contribution in [2.45, 2.75) is 0 Å². The van der Waals surface area contributed by atoms with Crippen LogP contribution in [0.25, 0.3) is 22.1 Å². The number of nitrogens with zero attached hydrogens (tertiary/aromatic N) is 1. The Bertz CT molecular complexity index is 1270. The van der Waals surface area contributed by atoms with E-state index < -0.39 is 7.29 Å². The highest BCUT2D eigenvalue weighted by Crippen LogP contribution is 2.56. The van der Waals surface area contributed by atoms with Gasteiger partial charge in [0.2, 0.25) is 7.29 Å². The molecule has 0 atom stereocenters. The Hall–Kier alpha value is -2.63. The molecule has 0 fully saturated rings. The number of nitrogens with one attached hydrogen (secondary N) is 1. The molecule has 154 valence electrons. The van der Waals surface area contributed by atoms with E-state index >= 15 is 0 Å². The van der Waals surface area contributed by atoms with Crippen molar-refractivity contribution in [1.82, 2.24) is 4.98 Å². The second-order valence-electron chi connectivity index (χ2n) is 6.78. The summed E-state index contributed by atoms with van der Waals surface area (Å²) in [5.41, 5.74) is 2.53. The van der Waals surface area contributed by atoms with Crippen LogP contribution in [0.1, 0.15) is 11.1 Å². The van der Waals surface area contributed by atoms with Gasteiger partial charge in [-0.3, -0.25) is 4.57 Å². The lowest BCUT2D eigenvalue weighted by molar-refractivity contribution is 0.469. The van der Waals surface area contributed by atoms with E-state index in [1.54, 1.807) is 11.6 Å². The molecule has 3 heterocycles. The van der Waals surface area contributed by atoms with E-state index in [1.165, 1.54) is 22.7 Å². The lowest BCUT2D eigenvalue weighted by Gasteiger charge is -2.23. The van der Waals surface area contributed by atoms with Crippen molar-refractivity contribution in [3.63, 3.8) is 0 Å². The number of rotatable bonds is 5. The zero-order valence-electron chi connectivity index (χ0n) is 16.1. The summed E-state index contributed by atoms with van der Waals surface area (Å²) in [5, 5.41) is 5.67. The Labute approximate surface area is 192 Å². The maximum Gasteiger partial charge on any atom is 0.222 e. The fourth-order valence-corrected chi connectivity index (χ4v) is 7.06. The molecule has 1 aliphatic rings. The molecule has 0 unspecified atom stereocenters. The van der Waals surface area contributed by atoms with Gasteiger partial charge in [0.25, 0.3) is 0 Å². The van der Waals surface area contributed by atoms with Crippen LogP contribution < -0.4 is 5.09 Å². The van der Waals surface area contributed by atoms with Crippen LogP contribution in [-0.4, -0.2) is 4.98 Å². The van der Waals surface area contributed by atoms with Crippen LogP contribution in [-0.2, 0) is 9.30 Å². The van der Waals surface area contributed by atoms with Crippen molar-refractivity contribution in [3.05, 3.63) is 105 Å². The number of thiophene rings is 1. The van der Waals surface area contributed by atoms with Gasteiger partial charge < -0.3 is 9.82 Å². The zero-order chi connectivity index (χ0) is 21.3. The molecule has 0 saturated carbocycles. The zero-order valence-corrected chi connectivity index (χ0v) is 19.3. The number of anilines is 1. The van der Waals surface area contributed by atoms with Crippen molar-refractivity contribution in [2.24, 2.45) is 0 Å².